The van der Waals surface area contributed by atoms with Gasteiger partial charge in [0, 0.05) is 25.7 Å². The number of phenolic OH excluding ortho intramolecular Hbond substituents is 1. The molecule has 1 saturated heterocycles. The summed E-state index contributed by atoms with van der Waals surface area (Å²) in [4.78, 5) is 13.9. The average Bonchev–Trinajstić information content (AvgIpc) is 2.44. The smallest absolute Gasteiger partial charge is 0.410 e. The fraction of sp³-hybridized carbons (Fsp3) is 0.588. The molecule has 2 rings (SSSR count). The molecular formula is C17H26N2O3. The van der Waals surface area contributed by atoms with Gasteiger partial charge in [0.1, 0.15) is 11.4 Å². The van der Waals surface area contributed by atoms with E-state index in [1.54, 1.807) is 17.0 Å². The molecular weight excluding hydrogens is 280 g/mol. The van der Waals surface area contributed by atoms with Crippen molar-refractivity contribution in [1.29, 1.82) is 0 Å². The van der Waals surface area contributed by atoms with E-state index in [0.29, 0.717) is 13.1 Å². The highest BCUT2D eigenvalue weighted by atomic mass is 16.6. The molecule has 1 atom stereocenters. The summed E-state index contributed by atoms with van der Waals surface area (Å²) >= 11 is 0. The first-order valence-corrected chi connectivity index (χ1v) is 7.83. The van der Waals surface area contributed by atoms with Crippen molar-refractivity contribution in [3.05, 3.63) is 29.8 Å². The first-order chi connectivity index (χ1) is 10.3. The summed E-state index contributed by atoms with van der Waals surface area (Å²) in [6.45, 7) is 7.74. The minimum absolute atomic E-state index is 0.239. The van der Waals surface area contributed by atoms with Crippen LogP contribution in [0.15, 0.2) is 24.3 Å². The molecule has 1 aliphatic rings. The van der Waals surface area contributed by atoms with E-state index in [9.17, 15) is 9.90 Å². The number of likely N-dealkylation sites (tertiary alicyclic amines) is 1. The van der Waals surface area contributed by atoms with Crippen LogP contribution in [0.3, 0.4) is 0 Å². The molecule has 1 aromatic rings. The predicted octanol–water partition coefficient (Wildman–Crippen LogP) is 2.88. The highest BCUT2D eigenvalue weighted by molar-refractivity contribution is 5.68. The van der Waals surface area contributed by atoms with Crippen molar-refractivity contribution in [2.45, 2.75) is 51.8 Å². The molecule has 0 spiro atoms. The molecule has 1 aromatic carbocycles. The largest absolute Gasteiger partial charge is 0.508 e. The monoisotopic (exact) mass is 306 g/mol. The van der Waals surface area contributed by atoms with E-state index < -0.39 is 5.60 Å². The minimum Gasteiger partial charge on any atom is -0.508 e. The highest BCUT2D eigenvalue weighted by Gasteiger charge is 2.27. The molecule has 1 heterocycles. The molecule has 5 heteroatoms. The summed E-state index contributed by atoms with van der Waals surface area (Å²) in [5, 5.41) is 12.9. The Morgan fingerprint density at radius 3 is 2.91 bits per heavy atom. The van der Waals surface area contributed by atoms with Crippen LogP contribution in [0.5, 0.6) is 5.75 Å². The SMILES string of the molecule is CC(C)(C)OC(=O)N1CCC[C@@H](NCc2cccc(O)c2)C1. The number of rotatable bonds is 3. The van der Waals surface area contributed by atoms with Gasteiger partial charge >= 0.3 is 6.09 Å². The standard InChI is InChI=1S/C17H26N2O3/c1-17(2,3)22-16(21)19-9-5-7-14(12-19)18-11-13-6-4-8-15(20)10-13/h4,6,8,10,14,18,20H,5,7,9,11-12H2,1-3H3/t14-/m1/s1. The number of benzene rings is 1. The number of ether oxygens (including phenoxy) is 1. The van der Waals surface area contributed by atoms with Gasteiger partial charge in [0.15, 0.2) is 0 Å². The lowest BCUT2D eigenvalue weighted by molar-refractivity contribution is 0.0187. The van der Waals surface area contributed by atoms with Crippen molar-refractivity contribution in [3.8, 4) is 5.75 Å². The van der Waals surface area contributed by atoms with Crippen molar-refractivity contribution < 1.29 is 14.6 Å². The van der Waals surface area contributed by atoms with Crippen LogP contribution in [0.1, 0.15) is 39.2 Å². The van der Waals surface area contributed by atoms with Crippen molar-refractivity contribution in [1.82, 2.24) is 10.2 Å². The van der Waals surface area contributed by atoms with Crippen LogP contribution >= 0.6 is 0 Å². The van der Waals surface area contributed by atoms with Crippen LogP contribution in [-0.4, -0.2) is 40.8 Å². The number of carbonyl (C=O) groups excluding carboxylic acids is 1. The Morgan fingerprint density at radius 2 is 2.23 bits per heavy atom. The zero-order valence-electron chi connectivity index (χ0n) is 13.6. The molecule has 1 amide bonds. The summed E-state index contributed by atoms with van der Waals surface area (Å²) in [6.07, 6.45) is 1.77. The summed E-state index contributed by atoms with van der Waals surface area (Å²) in [5.41, 5.74) is 0.577. The van der Waals surface area contributed by atoms with Crippen molar-refractivity contribution in [2.24, 2.45) is 0 Å². The van der Waals surface area contributed by atoms with E-state index >= 15 is 0 Å². The maximum Gasteiger partial charge on any atom is 0.410 e. The Kier molecular flexibility index (Phi) is 5.29. The van der Waals surface area contributed by atoms with Gasteiger partial charge in [-0.05, 0) is 51.3 Å². The normalized spacial score (nSPS) is 19.0. The number of nitrogens with one attached hydrogen (secondary N) is 1. The van der Waals surface area contributed by atoms with E-state index in [0.717, 1.165) is 24.9 Å². The number of nitrogens with zero attached hydrogens (tertiary/aromatic N) is 1. The van der Waals surface area contributed by atoms with Crippen molar-refractivity contribution in [2.75, 3.05) is 13.1 Å². The highest BCUT2D eigenvalue weighted by Crippen LogP contribution is 2.16. The number of hydrogen-bond donors (Lipinski definition) is 2. The van der Waals surface area contributed by atoms with E-state index in [1.165, 1.54) is 0 Å². The topological polar surface area (TPSA) is 61.8 Å². The number of amides is 1. The summed E-state index contributed by atoms with van der Waals surface area (Å²) in [5.74, 6) is 0.276. The average molecular weight is 306 g/mol. The molecule has 1 fully saturated rings. The quantitative estimate of drug-likeness (QED) is 0.901. The van der Waals surface area contributed by atoms with Crippen molar-refractivity contribution in [3.63, 3.8) is 0 Å². The molecule has 0 radical (unpaired) electrons. The first-order valence-electron chi connectivity index (χ1n) is 7.83. The van der Waals surface area contributed by atoms with E-state index in [1.807, 2.05) is 32.9 Å². The molecule has 1 aliphatic heterocycles. The molecule has 0 unspecified atom stereocenters. The zero-order chi connectivity index (χ0) is 16.2. The molecule has 22 heavy (non-hydrogen) atoms. The first kappa shape index (κ1) is 16.6. The summed E-state index contributed by atoms with van der Waals surface area (Å²) in [7, 11) is 0. The van der Waals surface area contributed by atoms with Gasteiger partial charge < -0.3 is 20.1 Å². The minimum atomic E-state index is -0.459. The Bertz CT molecular complexity index is 511. The zero-order valence-corrected chi connectivity index (χ0v) is 13.6. The summed E-state index contributed by atoms with van der Waals surface area (Å²) < 4.78 is 5.43. The van der Waals surface area contributed by atoms with E-state index in [2.05, 4.69) is 5.32 Å². The molecule has 0 aliphatic carbocycles. The number of phenols is 1. The van der Waals surface area contributed by atoms with E-state index in [-0.39, 0.29) is 17.9 Å². The van der Waals surface area contributed by atoms with Gasteiger partial charge in [-0.15, -0.1) is 0 Å². The van der Waals surface area contributed by atoms with Gasteiger partial charge in [-0.3, -0.25) is 0 Å². The second-order valence-electron chi connectivity index (χ2n) is 6.82. The van der Waals surface area contributed by atoms with Gasteiger partial charge in [0.2, 0.25) is 0 Å². The molecule has 0 bridgehead atoms. The van der Waals surface area contributed by atoms with Crippen molar-refractivity contribution >= 4 is 6.09 Å². The van der Waals surface area contributed by atoms with Crippen LogP contribution in [0.25, 0.3) is 0 Å². The van der Waals surface area contributed by atoms with Gasteiger partial charge in [-0.25, -0.2) is 4.79 Å². The second kappa shape index (κ2) is 7.01. The molecule has 2 N–H and O–H groups in total. The number of carbonyl (C=O) groups is 1. The Labute approximate surface area is 132 Å². The van der Waals surface area contributed by atoms with Gasteiger partial charge in [0.05, 0.1) is 0 Å². The van der Waals surface area contributed by atoms with E-state index in [4.69, 9.17) is 4.74 Å². The third kappa shape index (κ3) is 5.22. The van der Waals surface area contributed by atoms with Crippen LogP contribution in [0.4, 0.5) is 4.79 Å². The van der Waals surface area contributed by atoms with Gasteiger partial charge in [0.25, 0.3) is 0 Å². The number of piperidine rings is 1. The third-order valence-electron chi connectivity index (χ3n) is 3.58. The van der Waals surface area contributed by atoms with Crippen LogP contribution in [0, 0.1) is 0 Å². The number of aromatic hydroxyl groups is 1. The van der Waals surface area contributed by atoms with Crippen LogP contribution in [0.2, 0.25) is 0 Å². The Hall–Kier alpha value is -1.75. The summed E-state index contributed by atoms with van der Waals surface area (Å²) in [6, 6.07) is 7.47. The molecule has 122 valence electrons. The van der Waals surface area contributed by atoms with Crippen LogP contribution in [-0.2, 0) is 11.3 Å². The Morgan fingerprint density at radius 1 is 1.45 bits per heavy atom. The molecule has 0 saturated carbocycles. The fourth-order valence-electron chi connectivity index (χ4n) is 2.56. The van der Waals surface area contributed by atoms with Gasteiger partial charge in [-0.1, -0.05) is 12.1 Å². The van der Waals surface area contributed by atoms with Gasteiger partial charge in [-0.2, -0.15) is 0 Å². The fourth-order valence-corrected chi connectivity index (χ4v) is 2.56. The lowest BCUT2D eigenvalue weighted by atomic mass is 10.1. The Balaban J connectivity index is 1.84. The predicted molar refractivity (Wildman–Crippen MR) is 85.8 cm³/mol. The lowest BCUT2D eigenvalue weighted by Gasteiger charge is -2.34. The second-order valence-corrected chi connectivity index (χ2v) is 6.82. The molecule has 0 aromatic heterocycles. The third-order valence-corrected chi connectivity index (χ3v) is 3.58. The number of hydrogen-bond acceptors (Lipinski definition) is 4. The lowest BCUT2D eigenvalue weighted by Crippen LogP contribution is -2.49. The van der Waals surface area contributed by atoms with Crippen LogP contribution < -0.4 is 5.32 Å². The molecule has 5 nitrogen and oxygen atoms in total. The maximum absolute atomic E-state index is 12.1. The maximum atomic E-state index is 12.1.